The maximum absolute atomic E-state index is 6.97. The van der Waals surface area contributed by atoms with Gasteiger partial charge < -0.3 is 5.73 Å². The molecule has 0 aliphatic rings. The summed E-state index contributed by atoms with van der Waals surface area (Å²) in [6.45, 7) is 16.0. The maximum Gasteiger partial charge on any atom is 0.0590 e. The lowest BCUT2D eigenvalue weighted by Crippen LogP contribution is -2.59. The van der Waals surface area contributed by atoms with E-state index in [9.17, 15) is 0 Å². The second-order valence-corrected chi connectivity index (χ2v) is 5.91. The summed E-state index contributed by atoms with van der Waals surface area (Å²) in [6, 6.07) is 10.7. The molecule has 0 saturated heterocycles. The van der Waals surface area contributed by atoms with Crippen molar-refractivity contribution in [2.24, 2.45) is 11.7 Å². The average Bonchev–Trinajstić information content (AvgIpc) is 2.48. The Labute approximate surface area is 130 Å². The molecule has 116 valence electrons. The molecule has 1 rings (SSSR count). The van der Waals surface area contributed by atoms with Crippen molar-refractivity contribution in [3.05, 3.63) is 61.2 Å². The molecule has 2 unspecified atom stereocenters. The van der Waals surface area contributed by atoms with Gasteiger partial charge in [-0.15, -0.1) is 13.2 Å². The predicted octanol–water partition coefficient (Wildman–Crippen LogP) is 3.95. The molecule has 0 aliphatic carbocycles. The molecule has 2 nitrogen and oxygen atoms in total. The van der Waals surface area contributed by atoms with Crippen molar-refractivity contribution < 1.29 is 0 Å². The molecule has 1 aromatic carbocycles. The molecule has 0 spiro atoms. The highest BCUT2D eigenvalue weighted by Crippen LogP contribution is 2.34. The zero-order valence-electron chi connectivity index (χ0n) is 13.8. The summed E-state index contributed by atoms with van der Waals surface area (Å²) in [7, 11) is 0. The second kappa shape index (κ2) is 8.16. The van der Waals surface area contributed by atoms with Gasteiger partial charge in [0.25, 0.3) is 0 Å². The van der Waals surface area contributed by atoms with Crippen molar-refractivity contribution in [1.82, 2.24) is 4.90 Å². The Morgan fingerprint density at radius 1 is 1.14 bits per heavy atom. The van der Waals surface area contributed by atoms with Crippen molar-refractivity contribution in [3.8, 4) is 0 Å². The summed E-state index contributed by atoms with van der Waals surface area (Å²) in [6.07, 6.45) is 4.88. The molecule has 0 heterocycles. The minimum absolute atomic E-state index is 0.246. The van der Waals surface area contributed by atoms with Crippen molar-refractivity contribution in [2.75, 3.05) is 13.1 Å². The predicted molar refractivity (Wildman–Crippen MR) is 93.2 cm³/mol. The van der Waals surface area contributed by atoms with Gasteiger partial charge in [0.15, 0.2) is 0 Å². The van der Waals surface area contributed by atoms with Crippen LogP contribution in [-0.2, 0) is 5.54 Å². The fourth-order valence-corrected chi connectivity index (χ4v) is 3.20. The molecule has 2 N–H and O–H groups in total. The highest BCUT2D eigenvalue weighted by molar-refractivity contribution is 5.27. The van der Waals surface area contributed by atoms with Gasteiger partial charge in [0.2, 0.25) is 0 Å². The number of rotatable bonds is 9. The van der Waals surface area contributed by atoms with Gasteiger partial charge in [0.1, 0.15) is 0 Å². The van der Waals surface area contributed by atoms with E-state index in [1.807, 2.05) is 18.2 Å². The third-order valence-electron chi connectivity index (χ3n) is 4.34. The lowest BCUT2D eigenvalue weighted by Gasteiger charge is -2.46. The quantitative estimate of drug-likeness (QED) is 0.696. The molecule has 0 fully saturated rings. The van der Waals surface area contributed by atoms with Crippen molar-refractivity contribution in [1.29, 1.82) is 0 Å². The summed E-state index contributed by atoms with van der Waals surface area (Å²) in [4.78, 5) is 2.37. The summed E-state index contributed by atoms with van der Waals surface area (Å²) in [5.74, 6) is 0.335. The first kappa shape index (κ1) is 17.7. The van der Waals surface area contributed by atoms with Gasteiger partial charge in [0.05, 0.1) is 5.54 Å². The van der Waals surface area contributed by atoms with Crippen LogP contribution in [0.25, 0.3) is 0 Å². The highest BCUT2D eigenvalue weighted by atomic mass is 15.2. The molecular formula is C19H30N2. The fraction of sp³-hybridized carbons (Fsp3) is 0.474. The Hall–Kier alpha value is -1.38. The summed E-state index contributed by atoms with van der Waals surface area (Å²) in [5, 5.41) is 0. The third-order valence-corrected chi connectivity index (χ3v) is 4.34. The molecule has 0 amide bonds. The van der Waals surface area contributed by atoms with Gasteiger partial charge in [0, 0.05) is 19.1 Å². The Bertz CT molecular complexity index is 428. The maximum atomic E-state index is 6.97. The standard InChI is InChI=1S/C19H30N2/c1-6-14-21(15-7-2)18(8-3)19(20,16(4)5)17-12-10-9-11-13-17/h6-7,9-13,16,18H,1-2,8,14-15,20H2,3-5H3. The van der Waals surface area contributed by atoms with Crippen LogP contribution in [0.4, 0.5) is 0 Å². The van der Waals surface area contributed by atoms with Crippen LogP contribution in [0.3, 0.4) is 0 Å². The largest absolute Gasteiger partial charge is 0.320 e. The van der Waals surface area contributed by atoms with Crippen LogP contribution in [0.5, 0.6) is 0 Å². The first-order valence-corrected chi connectivity index (χ1v) is 7.82. The molecule has 0 aliphatic heterocycles. The Balaban J connectivity index is 3.27. The number of nitrogens with two attached hydrogens (primary N) is 1. The number of benzene rings is 1. The van der Waals surface area contributed by atoms with E-state index in [4.69, 9.17) is 5.73 Å². The van der Waals surface area contributed by atoms with E-state index >= 15 is 0 Å². The Morgan fingerprint density at radius 3 is 2.05 bits per heavy atom. The van der Waals surface area contributed by atoms with E-state index in [1.165, 1.54) is 5.56 Å². The first-order chi connectivity index (χ1) is 10.0. The van der Waals surface area contributed by atoms with Crippen LogP contribution in [0.2, 0.25) is 0 Å². The van der Waals surface area contributed by atoms with Crippen LogP contribution in [-0.4, -0.2) is 24.0 Å². The van der Waals surface area contributed by atoms with Gasteiger partial charge in [-0.2, -0.15) is 0 Å². The van der Waals surface area contributed by atoms with Gasteiger partial charge >= 0.3 is 0 Å². The average molecular weight is 286 g/mol. The monoisotopic (exact) mass is 286 g/mol. The van der Waals surface area contributed by atoms with Crippen molar-refractivity contribution in [3.63, 3.8) is 0 Å². The Morgan fingerprint density at radius 2 is 1.67 bits per heavy atom. The molecule has 0 radical (unpaired) electrons. The lowest BCUT2D eigenvalue weighted by atomic mass is 9.73. The molecule has 1 aromatic rings. The highest BCUT2D eigenvalue weighted by Gasteiger charge is 2.41. The topological polar surface area (TPSA) is 29.3 Å². The van der Waals surface area contributed by atoms with Crippen LogP contribution >= 0.6 is 0 Å². The SMILES string of the molecule is C=CCN(CC=C)C(CC)C(N)(c1ccccc1)C(C)C. The van der Waals surface area contributed by atoms with E-state index in [0.717, 1.165) is 19.5 Å². The van der Waals surface area contributed by atoms with Crippen LogP contribution in [0.1, 0.15) is 32.8 Å². The molecule has 2 heteroatoms. The minimum atomic E-state index is -0.387. The summed E-state index contributed by atoms with van der Waals surface area (Å²) < 4.78 is 0. The Kier molecular flexibility index (Phi) is 6.86. The fourth-order valence-electron chi connectivity index (χ4n) is 3.20. The molecule has 0 bridgehead atoms. The molecule has 21 heavy (non-hydrogen) atoms. The van der Waals surface area contributed by atoms with E-state index in [-0.39, 0.29) is 11.6 Å². The van der Waals surface area contributed by atoms with Crippen molar-refractivity contribution in [2.45, 2.75) is 38.8 Å². The molecule has 0 saturated carbocycles. The second-order valence-electron chi connectivity index (χ2n) is 5.91. The molecule has 0 aromatic heterocycles. The molecule has 2 atom stereocenters. The third kappa shape index (κ3) is 3.84. The van der Waals surface area contributed by atoms with Crippen LogP contribution in [0, 0.1) is 5.92 Å². The normalized spacial score (nSPS) is 15.7. The van der Waals surface area contributed by atoms with Crippen LogP contribution in [0.15, 0.2) is 55.6 Å². The van der Waals surface area contributed by atoms with Gasteiger partial charge in [-0.25, -0.2) is 0 Å². The zero-order chi connectivity index (χ0) is 15.9. The van der Waals surface area contributed by atoms with Crippen molar-refractivity contribution >= 4 is 0 Å². The summed E-state index contributed by atoms with van der Waals surface area (Å²) >= 11 is 0. The van der Waals surface area contributed by atoms with E-state index in [2.05, 4.69) is 63.1 Å². The zero-order valence-corrected chi connectivity index (χ0v) is 13.8. The molecular weight excluding hydrogens is 256 g/mol. The number of hydrogen-bond acceptors (Lipinski definition) is 2. The summed E-state index contributed by atoms with van der Waals surface area (Å²) in [5.41, 5.74) is 7.78. The minimum Gasteiger partial charge on any atom is -0.320 e. The van der Waals surface area contributed by atoms with Crippen LogP contribution < -0.4 is 5.73 Å². The van der Waals surface area contributed by atoms with E-state index < -0.39 is 0 Å². The lowest BCUT2D eigenvalue weighted by molar-refractivity contribution is 0.103. The van der Waals surface area contributed by atoms with Gasteiger partial charge in [-0.1, -0.05) is 63.3 Å². The van der Waals surface area contributed by atoms with E-state index in [0.29, 0.717) is 5.92 Å². The smallest absolute Gasteiger partial charge is 0.0590 e. The first-order valence-electron chi connectivity index (χ1n) is 7.82. The van der Waals surface area contributed by atoms with Gasteiger partial charge in [-0.3, -0.25) is 4.90 Å². The van der Waals surface area contributed by atoms with E-state index in [1.54, 1.807) is 0 Å². The number of hydrogen-bond donors (Lipinski definition) is 1. The van der Waals surface area contributed by atoms with Gasteiger partial charge in [-0.05, 0) is 17.9 Å². The number of nitrogens with zero attached hydrogens (tertiary/aromatic N) is 1.